The molecule has 3 N–H and O–H groups in total. The molecule has 0 saturated carbocycles. The molecule has 0 spiro atoms. The summed E-state index contributed by atoms with van der Waals surface area (Å²) in [6.07, 6.45) is -2.58. The molecule has 2 unspecified atom stereocenters. The first-order chi connectivity index (χ1) is 7.11. The summed E-state index contributed by atoms with van der Waals surface area (Å²) in [4.78, 5) is 11.5. The molecule has 15 heavy (non-hydrogen) atoms. The third-order valence-corrected chi connectivity index (χ3v) is 2.85. The lowest BCUT2D eigenvalue weighted by molar-refractivity contribution is -0.0156. The molecule has 0 fully saturated rings. The number of rotatable bonds is 4. The van der Waals surface area contributed by atoms with Gasteiger partial charge in [0.1, 0.15) is 17.1 Å². The molecular formula is C9H12O5S. The van der Waals surface area contributed by atoms with Gasteiger partial charge in [-0.15, -0.1) is 11.3 Å². The van der Waals surface area contributed by atoms with Crippen LogP contribution in [0.15, 0.2) is 11.4 Å². The molecule has 0 amide bonds. The van der Waals surface area contributed by atoms with Crippen molar-refractivity contribution in [3.05, 3.63) is 21.9 Å². The number of hydrogen-bond donors (Lipinski definition) is 3. The number of aliphatic hydroxyl groups is 3. The Kier molecular flexibility index (Phi) is 4.22. The van der Waals surface area contributed by atoms with Crippen LogP contribution in [0, 0.1) is 0 Å². The normalized spacial score (nSPS) is 14.7. The zero-order valence-corrected chi connectivity index (χ0v) is 8.90. The highest BCUT2D eigenvalue weighted by molar-refractivity contribution is 7.12. The molecular weight excluding hydrogens is 220 g/mol. The molecule has 1 aromatic rings. The third kappa shape index (κ3) is 2.54. The molecule has 0 aliphatic heterocycles. The Bertz CT molecular complexity index is 335. The van der Waals surface area contributed by atoms with E-state index in [0.29, 0.717) is 0 Å². The first-order valence-electron chi connectivity index (χ1n) is 4.24. The van der Waals surface area contributed by atoms with E-state index in [-0.39, 0.29) is 10.4 Å². The standard InChI is InChI=1S/C9H12O5S/c1-14-9(13)8-5(2-3-15-8)7(12)6(11)4-10/h2-3,6-7,10-12H,4H2,1H3. The van der Waals surface area contributed by atoms with Crippen LogP contribution >= 0.6 is 11.3 Å². The van der Waals surface area contributed by atoms with Gasteiger partial charge in [0, 0.05) is 5.56 Å². The topological polar surface area (TPSA) is 87.0 Å². The number of esters is 1. The highest BCUT2D eigenvalue weighted by Gasteiger charge is 2.24. The Labute approximate surface area is 90.6 Å². The summed E-state index contributed by atoms with van der Waals surface area (Å²) in [7, 11) is 1.24. The average molecular weight is 232 g/mol. The molecule has 0 aliphatic carbocycles. The fourth-order valence-electron chi connectivity index (χ4n) is 1.12. The number of carbonyl (C=O) groups is 1. The lowest BCUT2D eigenvalue weighted by atomic mass is 10.1. The van der Waals surface area contributed by atoms with Crippen molar-refractivity contribution in [1.29, 1.82) is 0 Å². The summed E-state index contributed by atoms with van der Waals surface area (Å²) in [6, 6.07) is 1.51. The summed E-state index contributed by atoms with van der Waals surface area (Å²) in [5, 5.41) is 29.1. The molecule has 0 saturated heterocycles. The van der Waals surface area contributed by atoms with Crippen LogP contribution in [0.25, 0.3) is 0 Å². The highest BCUT2D eigenvalue weighted by atomic mass is 32.1. The SMILES string of the molecule is COC(=O)c1sccc1C(O)C(O)CO. The second-order valence-corrected chi connectivity index (χ2v) is 3.81. The number of ether oxygens (including phenoxy) is 1. The maximum atomic E-state index is 11.2. The summed E-state index contributed by atoms with van der Waals surface area (Å²) in [5.41, 5.74) is 0.272. The molecule has 6 heteroatoms. The van der Waals surface area contributed by atoms with Crippen molar-refractivity contribution in [2.45, 2.75) is 12.2 Å². The van der Waals surface area contributed by atoms with Gasteiger partial charge in [-0.25, -0.2) is 4.79 Å². The van der Waals surface area contributed by atoms with Crippen LogP contribution in [0.5, 0.6) is 0 Å². The van der Waals surface area contributed by atoms with Crippen molar-refractivity contribution in [3.63, 3.8) is 0 Å². The average Bonchev–Trinajstić information content (AvgIpc) is 2.74. The van der Waals surface area contributed by atoms with Gasteiger partial charge in [-0.05, 0) is 11.4 Å². The maximum absolute atomic E-state index is 11.2. The second-order valence-electron chi connectivity index (χ2n) is 2.89. The fourth-order valence-corrected chi connectivity index (χ4v) is 1.97. The van der Waals surface area contributed by atoms with Gasteiger partial charge in [0.05, 0.1) is 13.7 Å². The first kappa shape index (κ1) is 12.1. The highest BCUT2D eigenvalue weighted by Crippen LogP contribution is 2.26. The molecule has 1 heterocycles. The van der Waals surface area contributed by atoms with Crippen molar-refractivity contribution < 1.29 is 24.9 Å². The van der Waals surface area contributed by atoms with Gasteiger partial charge in [0.15, 0.2) is 0 Å². The molecule has 84 valence electrons. The minimum atomic E-state index is -1.30. The van der Waals surface area contributed by atoms with Crippen LogP contribution in [0.1, 0.15) is 21.3 Å². The summed E-state index contributed by atoms with van der Waals surface area (Å²) in [5.74, 6) is -0.566. The largest absolute Gasteiger partial charge is 0.465 e. The van der Waals surface area contributed by atoms with E-state index in [2.05, 4.69) is 4.74 Å². The maximum Gasteiger partial charge on any atom is 0.348 e. The van der Waals surface area contributed by atoms with Crippen molar-refractivity contribution in [1.82, 2.24) is 0 Å². The Morgan fingerprint density at radius 2 is 2.27 bits per heavy atom. The molecule has 2 atom stereocenters. The Morgan fingerprint density at radius 1 is 1.60 bits per heavy atom. The smallest absolute Gasteiger partial charge is 0.348 e. The van der Waals surface area contributed by atoms with Crippen LogP contribution in [-0.2, 0) is 4.74 Å². The van der Waals surface area contributed by atoms with E-state index in [1.807, 2.05) is 0 Å². The van der Waals surface area contributed by atoms with Gasteiger partial charge in [0.25, 0.3) is 0 Å². The van der Waals surface area contributed by atoms with Crippen LogP contribution in [0.3, 0.4) is 0 Å². The van der Waals surface area contributed by atoms with Crippen molar-refractivity contribution >= 4 is 17.3 Å². The molecule has 0 radical (unpaired) electrons. The third-order valence-electron chi connectivity index (χ3n) is 1.94. The predicted molar refractivity (Wildman–Crippen MR) is 53.7 cm³/mol. The van der Waals surface area contributed by atoms with Crippen molar-refractivity contribution in [2.75, 3.05) is 13.7 Å². The summed E-state index contributed by atoms with van der Waals surface area (Å²) in [6.45, 7) is -0.572. The molecule has 0 aromatic carbocycles. The lowest BCUT2D eigenvalue weighted by Crippen LogP contribution is -2.23. The molecule has 0 bridgehead atoms. The Hall–Kier alpha value is -0.950. The van der Waals surface area contributed by atoms with Gasteiger partial charge in [-0.2, -0.15) is 0 Å². The number of aliphatic hydroxyl groups excluding tert-OH is 3. The fraction of sp³-hybridized carbons (Fsp3) is 0.444. The minimum absolute atomic E-state index is 0.234. The number of methoxy groups -OCH3 is 1. The van der Waals surface area contributed by atoms with Gasteiger partial charge in [-0.3, -0.25) is 0 Å². The van der Waals surface area contributed by atoms with E-state index in [4.69, 9.17) is 5.11 Å². The van der Waals surface area contributed by atoms with Crippen molar-refractivity contribution in [2.24, 2.45) is 0 Å². The minimum Gasteiger partial charge on any atom is -0.465 e. The van der Waals surface area contributed by atoms with Crippen molar-refractivity contribution in [3.8, 4) is 0 Å². The quantitative estimate of drug-likeness (QED) is 0.632. The lowest BCUT2D eigenvalue weighted by Gasteiger charge is -2.15. The van der Waals surface area contributed by atoms with Gasteiger partial charge in [-0.1, -0.05) is 0 Å². The van der Waals surface area contributed by atoms with Gasteiger partial charge < -0.3 is 20.1 Å². The molecule has 1 rings (SSSR count). The van der Waals surface area contributed by atoms with Crippen LogP contribution < -0.4 is 0 Å². The number of thiophene rings is 1. The Morgan fingerprint density at radius 3 is 2.80 bits per heavy atom. The zero-order chi connectivity index (χ0) is 11.4. The van der Waals surface area contributed by atoms with Crippen LogP contribution in [-0.4, -0.2) is 41.1 Å². The monoisotopic (exact) mass is 232 g/mol. The predicted octanol–water partition coefficient (Wildman–Crippen LogP) is -0.0787. The Balaban J connectivity index is 2.94. The van der Waals surface area contributed by atoms with Gasteiger partial charge >= 0.3 is 5.97 Å². The van der Waals surface area contributed by atoms with E-state index in [1.54, 1.807) is 5.38 Å². The number of carbonyl (C=O) groups excluding carboxylic acids is 1. The number of hydrogen-bond acceptors (Lipinski definition) is 6. The van der Waals surface area contributed by atoms with E-state index in [0.717, 1.165) is 11.3 Å². The molecule has 0 aliphatic rings. The molecule has 1 aromatic heterocycles. The summed E-state index contributed by atoms with van der Waals surface area (Å²) < 4.78 is 4.52. The van der Waals surface area contributed by atoms with Crippen LogP contribution in [0.2, 0.25) is 0 Å². The second kappa shape index (κ2) is 5.22. The van der Waals surface area contributed by atoms with Crippen LogP contribution in [0.4, 0.5) is 0 Å². The van der Waals surface area contributed by atoms with E-state index in [1.165, 1.54) is 13.2 Å². The zero-order valence-electron chi connectivity index (χ0n) is 8.08. The van der Waals surface area contributed by atoms with E-state index in [9.17, 15) is 15.0 Å². The first-order valence-corrected chi connectivity index (χ1v) is 5.12. The van der Waals surface area contributed by atoms with Gasteiger partial charge in [0.2, 0.25) is 0 Å². The van der Waals surface area contributed by atoms with E-state index < -0.39 is 24.8 Å². The summed E-state index contributed by atoms with van der Waals surface area (Å²) >= 11 is 1.11. The van der Waals surface area contributed by atoms with E-state index >= 15 is 0 Å². The molecule has 5 nitrogen and oxygen atoms in total.